The molecule has 1 amide bonds. The fourth-order valence-electron chi connectivity index (χ4n) is 3.01. The average molecular weight is 353 g/mol. The van der Waals surface area contributed by atoms with Crippen molar-refractivity contribution in [3.63, 3.8) is 0 Å². The summed E-state index contributed by atoms with van der Waals surface area (Å²) in [5.41, 5.74) is 5.73. The molecule has 1 aromatic rings. The minimum absolute atomic E-state index is 0.0978. The molecule has 0 aliphatic carbocycles. The minimum atomic E-state index is -3.65. The van der Waals surface area contributed by atoms with Crippen LogP contribution in [0.2, 0.25) is 0 Å². The van der Waals surface area contributed by atoms with Crippen LogP contribution in [-0.4, -0.2) is 43.8 Å². The first-order valence-electron chi connectivity index (χ1n) is 8.58. The molecule has 0 aromatic heterocycles. The fourth-order valence-corrected chi connectivity index (χ4v) is 4.69. The summed E-state index contributed by atoms with van der Waals surface area (Å²) in [6, 6.07) is 7.53. The van der Waals surface area contributed by atoms with Gasteiger partial charge in [0.2, 0.25) is 15.9 Å². The molecule has 7 heteroatoms. The van der Waals surface area contributed by atoms with E-state index in [1.165, 1.54) is 4.31 Å². The molecular formula is C17H27N3O3S. The van der Waals surface area contributed by atoms with Crippen LogP contribution < -0.4 is 11.1 Å². The zero-order chi connectivity index (χ0) is 17.6. The Morgan fingerprint density at radius 3 is 2.71 bits per heavy atom. The molecule has 0 saturated carbocycles. The fraction of sp³-hybridized carbons (Fsp3) is 0.588. The number of carbonyl (C=O) groups excluding carboxylic acids is 1. The predicted octanol–water partition coefficient (Wildman–Crippen LogP) is 1.47. The Morgan fingerprint density at radius 2 is 2.08 bits per heavy atom. The van der Waals surface area contributed by atoms with Crippen molar-refractivity contribution in [3.05, 3.63) is 30.3 Å². The first-order chi connectivity index (χ1) is 11.5. The first kappa shape index (κ1) is 18.9. The van der Waals surface area contributed by atoms with Gasteiger partial charge in [0.15, 0.2) is 0 Å². The monoisotopic (exact) mass is 353 g/mol. The smallest absolute Gasteiger partial charge is 0.243 e. The minimum Gasteiger partial charge on any atom is -0.351 e. The van der Waals surface area contributed by atoms with E-state index >= 15 is 0 Å². The SMILES string of the molecule is CCCCC(CN)NC(=O)C1CCCN1S(=O)(=O)c1ccccc1. The van der Waals surface area contributed by atoms with Crippen LogP contribution >= 0.6 is 0 Å². The second-order valence-corrected chi connectivity index (χ2v) is 8.06. The lowest BCUT2D eigenvalue weighted by molar-refractivity contribution is -0.124. The molecule has 0 bridgehead atoms. The number of benzene rings is 1. The number of amides is 1. The average Bonchev–Trinajstić information content (AvgIpc) is 3.10. The Hall–Kier alpha value is -1.44. The van der Waals surface area contributed by atoms with Crippen molar-refractivity contribution in [3.8, 4) is 0 Å². The molecule has 2 unspecified atom stereocenters. The highest BCUT2D eigenvalue weighted by atomic mass is 32.2. The highest BCUT2D eigenvalue weighted by molar-refractivity contribution is 7.89. The molecule has 1 heterocycles. The Kier molecular flexibility index (Phi) is 6.77. The van der Waals surface area contributed by atoms with Gasteiger partial charge in [0.05, 0.1) is 4.90 Å². The number of nitrogens with two attached hydrogens (primary N) is 1. The van der Waals surface area contributed by atoms with E-state index in [0.29, 0.717) is 25.9 Å². The summed E-state index contributed by atoms with van der Waals surface area (Å²) in [5.74, 6) is -0.237. The van der Waals surface area contributed by atoms with Gasteiger partial charge in [-0.05, 0) is 31.4 Å². The van der Waals surface area contributed by atoms with Gasteiger partial charge in [-0.1, -0.05) is 38.0 Å². The van der Waals surface area contributed by atoms with Gasteiger partial charge in [0.25, 0.3) is 0 Å². The van der Waals surface area contributed by atoms with Crippen LogP contribution in [0.4, 0.5) is 0 Å². The summed E-state index contributed by atoms with van der Waals surface area (Å²) in [4.78, 5) is 12.8. The van der Waals surface area contributed by atoms with Gasteiger partial charge in [-0.15, -0.1) is 0 Å². The Morgan fingerprint density at radius 1 is 1.38 bits per heavy atom. The first-order valence-corrected chi connectivity index (χ1v) is 10.0. The second kappa shape index (κ2) is 8.60. The van der Waals surface area contributed by atoms with Crippen molar-refractivity contribution >= 4 is 15.9 Å². The molecular weight excluding hydrogens is 326 g/mol. The standard InChI is InChI=1S/C17H27N3O3S/c1-2-3-8-14(13-18)19-17(21)16-11-7-12-20(16)24(22,23)15-9-5-4-6-10-15/h4-6,9-10,14,16H,2-3,7-8,11-13,18H2,1H3,(H,19,21). The van der Waals surface area contributed by atoms with Gasteiger partial charge in [0, 0.05) is 19.1 Å². The van der Waals surface area contributed by atoms with Crippen molar-refractivity contribution in [2.45, 2.75) is 56.0 Å². The quantitative estimate of drug-likeness (QED) is 0.740. The van der Waals surface area contributed by atoms with Gasteiger partial charge in [-0.25, -0.2) is 8.42 Å². The number of carbonyl (C=O) groups is 1. The van der Waals surface area contributed by atoms with Gasteiger partial charge in [0.1, 0.15) is 6.04 Å². The molecule has 6 nitrogen and oxygen atoms in total. The number of rotatable bonds is 8. The van der Waals surface area contributed by atoms with Crippen LogP contribution in [-0.2, 0) is 14.8 Å². The molecule has 0 radical (unpaired) electrons. The Balaban J connectivity index is 2.11. The van der Waals surface area contributed by atoms with Gasteiger partial charge in [-0.2, -0.15) is 4.31 Å². The molecule has 2 atom stereocenters. The lowest BCUT2D eigenvalue weighted by Crippen LogP contribution is -2.50. The number of nitrogens with one attached hydrogen (secondary N) is 1. The van der Waals surface area contributed by atoms with E-state index in [1.54, 1.807) is 30.3 Å². The maximum Gasteiger partial charge on any atom is 0.243 e. The lowest BCUT2D eigenvalue weighted by Gasteiger charge is -2.25. The van der Waals surface area contributed by atoms with Crippen molar-refractivity contribution in [1.29, 1.82) is 0 Å². The summed E-state index contributed by atoms with van der Waals surface area (Å²) in [6.07, 6.45) is 4.06. The van der Waals surface area contributed by atoms with Crippen LogP contribution in [0.5, 0.6) is 0 Å². The maximum atomic E-state index is 12.8. The van der Waals surface area contributed by atoms with E-state index in [9.17, 15) is 13.2 Å². The van der Waals surface area contributed by atoms with Crippen molar-refractivity contribution < 1.29 is 13.2 Å². The van der Waals surface area contributed by atoms with Gasteiger partial charge < -0.3 is 11.1 Å². The van der Waals surface area contributed by atoms with E-state index in [4.69, 9.17) is 5.73 Å². The van der Waals surface area contributed by atoms with Crippen LogP contribution in [0.1, 0.15) is 39.0 Å². The van der Waals surface area contributed by atoms with Crippen molar-refractivity contribution in [2.24, 2.45) is 5.73 Å². The van der Waals surface area contributed by atoms with Gasteiger partial charge >= 0.3 is 0 Å². The maximum absolute atomic E-state index is 12.8. The van der Waals surface area contributed by atoms with Crippen molar-refractivity contribution in [1.82, 2.24) is 9.62 Å². The molecule has 1 aliphatic heterocycles. The van der Waals surface area contributed by atoms with E-state index in [1.807, 2.05) is 0 Å². The normalized spacial score (nSPS) is 20.0. The molecule has 24 heavy (non-hydrogen) atoms. The molecule has 1 fully saturated rings. The second-order valence-electron chi connectivity index (χ2n) is 6.17. The Labute approximate surface area is 144 Å². The van der Waals surface area contributed by atoms with E-state index in [0.717, 1.165) is 19.3 Å². The van der Waals surface area contributed by atoms with Crippen LogP contribution in [0.25, 0.3) is 0 Å². The number of nitrogens with zero attached hydrogens (tertiary/aromatic N) is 1. The third-order valence-electron chi connectivity index (χ3n) is 4.39. The lowest BCUT2D eigenvalue weighted by atomic mass is 10.1. The molecule has 0 spiro atoms. The predicted molar refractivity (Wildman–Crippen MR) is 93.9 cm³/mol. The molecule has 1 saturated heterocycles. The molecule has 2 rings (SSSR count). The largest absolute Gasteiger partial charge is 0.351 e. The number of unbranched alkanes of at least 4 members (excludes halogenated alkanes) is 1. The van der Waals surface area contributed by atoms with Gasteiger partial charge in [-0.3, -0.25) is 4.79 Å². The molecule has 134 valence electrons. The van der Waals surface area contributed by atoms with E-state index in [2.05, 4.69) is 12.2 Å². The number of hydrogen-bond acceptors (Lipinski definition) is 4. The highest BCUT2D eigenvalue weighted by Gasteiger charge is 2.39. The third-order valence-corrected chi connectivity index (χ3v) is 6.32. The summed E-state index contributed by atoms with van der Waals surface area (Å²) in [6.45, 7) is 2.82. The summed E-state index contributed by atoms with van der Waals surface area (Å²) in [5, 5.41) is 2.93. The molecule has 1 aromatic carbocycles. The zero-order valence-corrected chi connectivity index (χ0v) is 15.0. The van der Waals surface area contributed by atoms with Crippen LogP contribution in [0, 0.1) is 0 Å². The number of hydrogen-bond donors (Lipinski definition) is 2. The molecule has 1 aliphatic rings. The van der Waals surface area contributed by atoms with Crippen molar-refractivity contribution in [2.75, 3.05) is 13.1 Å². The number of sulfonamides is 1. The third kappa shape index (κ3) is 4.34. The summed E-state index contributed by atoms with van der Waals surface area (Å²) >= 11 is 0. The van der Waals surface area contributed by atoms with E-state index in [-0.39, 0.29) is 16.8 Å². The summed E-state index contributed by atoms with van der Waals surface area (Å²) in [7, 11) is -3.65. The Bertz CT molecular complexity index is 634. The topological polar surface area (TPSA) is 92.5 Å². The molecule has 3 N–H and O–H groups in total. The van der Waals surface area contributed by atoms with E-state index < -0.39 is 16.1 Å². The summed E-state index contributed by atoms with van der Waals surface area (Å²) < 4.78 is 26.9. The van der Waals surface area contributed by atoms with Crippen LogP contribution in [0.15, 0.2) is 35.2 Å². The zero-order valence-electron chi connectivity index (χ0n) is 14.1. The van der Waals surface area contributed by atoms with Crippen LogP contribution in [0.3, 0.4) is 0 Å². The highest BCUT2D eigenvalue weighted by Crippen LogP contribution is 2.26.